The molecule has 1 aromatic rings. The maximum absolute atomic E-state index is 12.2. The number of hydrogen-bond donors (Lipinski definition) is 2. The van der Waals surface area contributed by atoms with Crippen molar-refractivity contribution in [3.8, 4) is 0 Å². The number of hydrazine groups is 1. The molecular formula is C6H6F5N3S. The fourth-order valence-electron chi connectivity index (χ4n) is 0.840. The quantitative estimate of drug-likeness (QED) is 0.487. The van der Waals surface area contributed by atoms with Gasteiger partial charge in [-0.2, -0.15) is 13.2 Å². The second-order valence-corrected chi connectivity index (χ2v) is 3.61. The van der Waals surface area contributed by atoms with E-state index < -0.39 is 23.7 Å². The Morgan fingerprint density at radius 2 is 2.00 bits per heavy atom. The summed E-state index contributed by atoms with van der Waals surface area (Å²) in [4.78, 5) is 2.75. The van der Waals surface area contributed by atoms with Gasteiger partial charge in [0.05, 0.1) is 0 Å². The molecule has 3 N–H and O–H groups in total. The van der Waals surface area contributed by atoms with Crippen LogP contribution in [0.1, 0.15) is 15.9 Å². The van der Waals surface area contributed by atoms with Crippen LogP contribution in [0.3, 0.4) is 0 Å². The molecule has 86 valence electrons. The molecule has 1 aromatic heterocycles. The molecule has 0 aliphatic carbocycles. The Labute approximate surface area is 85.1 Å². The van der Waals surface area contributed by atoms with Crippen molar-refractivity contribution in [3.63, 3.8) is 0 Å². The summed E-state index contributed by atoms with van der Waals surface area (Å²) in [6, 6.07) is -1.63. The lowest BCUT2D eigenvalue weighted by Crippen LogP contribution is -2.32. The van der Waals surface area contributed by atoms with Crippen LogP contribution in [0.5, 0.6) is 0 Å². The maximum atomic E-state index is 12.2. The van der Waals surface area contributed by atoms with Crippen LogP contribution in [0.25, 0.3) is 0 Å². The van der Waals surface area contributed by atoms with Gasteiger partial charge in [-0.15, -0.1) is 11.3 Å². The van der Waals surface area contributed by atoms with Crippen molar-refractivity contribution in [2.45, 2.75) is 18.6 Å². The fraction of sp³-hybridized carbons (Fsp3) is 0.500. The molecule has 1 rings (SSSR count). The average Bonchev–Trinajstić information content (AvgIpc) is 2.52. The summed E-state index contributed by atoms with van der Waals surface area (Å²) < 4.78 is 60.7. The van der Waals surface area contributed by atoms with E-state index in [4.69, 9.17) is 5.84 Å². The minimum absolute atomic E-state index is 0.142. The lowest BCUT2D eigenvalue weighted by Gasteiger charge is -2.11. The molecule has 0 aliphatic rings. The highest BCUT2D eigenvalue weighted by atomic mass is 32.1. The first-order valence-electron chi connectivity index (χ1n) is 3.63. The number of halogens is 5. The Morgan fingerprint density at radius 1 is 1.40 bits per heavy atom. The van der Waals surface area contributed by atoms with Gasteiger partial charge in [0.1, 0.15) is 6.04 Å². The van der Waals surface area contributed by atoms with E-state index in [0.717, 1.165) is 6.20 Å². The van der Waals surface area contributed by atoms with Crippen molar-refractivity contribution in [1.82, 2.24) is 10.4 Å². The Balaban J connectivity index is 2.92. The lowest BCUT2D eigenvalue weighted by atomic mass is 10.3. The second-order valence-electron chi connectivity index (χ2n) is 2.54. The third-order valence-corrected chi connectivity index (χ3v) is 2.63. The van der Waals surface area contributed by atoms with Crippen LogP contribution in [-0.4, -0.2) is 11.4 Å². The summed E-state index contributed by atoms with van der Waals surface area (Å²) in [5, 5.41) is -1.17. The van der Waals surface area contributed by atoms with Gasteiger partial charge in [-0.1, -0.05) is 0 Å². The number of alkyl halides is 5. The monoisotopic (exact) mass is 247 g/mol. The summed E-state index contributed by atoms with van der Waals surface area (Å²) in [6.07, 6.45) is -6.77. The maximum Gasteiger partial charge on any atom is 0.443 e. The van der Waals surface area contributed by atoms with E-state index in [1.165, 1.54) is 0 Å². The first kappa shape index (κ1) is 12.3. The highest BCUT2D eigenvalue weighted by Crippen LogP contribution is 2.35. The Bertz CT molecular complexity index is 323. The Hall–Kier alpha value is -0.800. The normalized spacial score (nSPS) is 14.6. The van der Waals surface area contributed by atoms with E-state index in [1.54, 1.807) is 5.43 Å². The Morgan fingerprint density at radius 3 is 2.33 bits per heavy atom. The third-order valence-electron chi connectivity index (χ3n) is 1.50. The smallest absolute Gasteiger partial charge is 0.271 e. The highest BCUT2D eigenvalue weighted by molar-refractivity contribution is 7.11. The van der Waals surface area contributed by atoms with Crippen LogP contribution in [0, 0.1) is 0 Å². The highest BCUT2D eigenvalue weighted by Gasteiger charge is 2.36. The minimum atomic E-state index is -4.62. The molecule has 0 saturated carbocycles. The number of thiazole rings is 1. The number of aromatic nitrogens is 1. The van der Waals surface area contributed by atoms with Crippen molar-refractivity contribution in [1.29, 1.82) is 0 Å². The minimum Gasteiger partial charge on any atom is -0.271 e. The zero-order chi connectivity index (χ0) is 11.6. The number of nitrogens with one attached hydrogen (secondary N) is 1. The van der Waals surface area contributed by atoms with E-state index in [2.05, 4.69) is 4.98 Å². The zero-order valence-electron chi connectivity index (χ0n) is 7.05. The molecule has 0 spiro atoms. The first-order valence-corrected chi connectivity index (χ1v) is 4.45. The summed E-state index contributed by atoms with van der Waals surface area (Å²) in [6.45, 7) is 0. The van der Waals surface area contributed by atoms with Crippen molar-refractivity contribution in [2.75, 3.05) is 0 Å². The van der Waals surface area contributed by atoms with Crippen molar-refractivity contribution >= 4 is 11.3 Å². The third kappa shape index (κ3) is 2.83. The van der Waals surface area contributed by atoms with Crippen molar-refractivity contribution < 1.29 is 22.0 Å². The zero-order valence-corrected chi connectivity index (χ0v) is 7.87. The van der Waals surface area contributed by atoms with Crippen LogP contribution in [0.4, 0.5) is 22.0 Å². The van der Waals surface area contributed by atoms with Gasteiger partial charge in [0.2, 0.25) is 0 Å². The molecule has 3 nitrogen and oxygen atoms in total. The van der Waals surface area contributed by atoms with Gasteiger partial charge in [-0.3, -0.25) is 5.84 Å². The van der Waals surface area contributed by atoms with Crippen LogP contribution in [0.15, 0.2) is 6.20 Å². The molecule has 0 bridgehead atoms. The van der Waals surface area contributed by atoms with Gasteiger partial charge in [-0.25, -0.2) is 19.2 Å². The predicted molar refractivity (Wildman–Crippen MR) is 43.2 cm³/mol. The van der Waals surface area contributed by atoms with Crippen LogP contribution >= 0.6 is 11.3 Å². The van der Waals surface area contributed by atoms with E-state index in [-0.39, 0.29) is 16.2 Å². The molecule has 0 aliphatic heterocycles. The van der Waals surface area contributed by atoms with Crippen molar-refractivity contribution in [3.05, 3.63) is 16.1 Å². The topological polar surface area (TPSA) is 50.9 Å². The predicted octanol–water partition coefficient (Wildman–Crippen LogP) is 1.93. The molecule has 0 saturated heterocycles. The molecule has 0 fully saturated rings. The fourth-order valence-corrected chi connectivity index (χ4v) is 1.69. The molecule has 0 radical (unpaired) electrons. The van der Waals surface area contributed by atoms with Crippen LogP contribution < -0.4 is 11.3 Å². The van der Waals surface area contributed by atoms with Gasteiger partial charge in [0.25, 0.3) is 6.43 Å². The summed E-state index contributed by atoms with van der Waals surface area (Å²) >= 11 is 0.142. The molecular weight excluding hydrogens is 241 g/mol. The number of nitrogens with zero attached hydrogens (tertiary/aromatic N) is 1. The molecule has 9 heteroatoms. The molecule has 1 unspecified atom stereocenters. The van der Waals surface area contributed by atoms with Crippen LogP contribution in [0.2, 0.25) is 0 Å². The van der Waals surface area contributed by atoms with E-state index in [9.17, 15) is 22.0 Å². The molecule has 0 amide bonds. The van der Waals surface area contributed by atoms with Gasteiger partial charge in [-0.05, 0) is 0 Å². The van der Waals surface area contributed by atoms with Crippen molar-refractivity contribution in [2.24, 2.45) is 5.84 Å². The van der Waals surface area contributed by atoms with Gasteiger partial charge in [0, 0.05) is 11.1 Å². The van der Waals surface area contributed by atoms with Gasteiger partial charge >= 0.3 is 6.18 Å². The molecule has 1 atom stereocenters. The molecule has 15 heavy (non-hydrogen) atoms. The SMILES string of the molecule is NNC(c1cnc(C(F)(F)F)s1)C(F)F. The van der Waals surface area contributed by atoms with E-state index >= 15 is 0 Å². The number of hydrogen-bond acceptors (Lipinski definition) is 4. The standard InChI is InChI=1S/C6H6F5N3S/c7-4(8)3(14-12)2-1-13-5(15-2)6(9,10)11/h1,3-4,14H,12H2. The van der Waals surface area contributed by atoms with Gasteiger partial charge in [0.15, 0.2) is 5.01 Å². The van der Waals surface area contributed by atoms with E-state index in [1.807, 2.05) is 0 Å². The summed E-state index contributed by atoms with van der Waals surface area (Å²) in [7, 11) is 0. The number of rotatable bonds is 3. The first-order chi connectivity index (χ1) is 6.86. The molecule has 1 heterocycles. The number of nitrogens with two attached hydrogens (primary N) is 1. The second kappa shape index (κ2) is 4.37. The largest absolute Gasteiger partial charge is 0.443 e. The summed E-state index contributed by atoms with van der Waals surface area (Å²) in [5.74, 6) is 4.79. The Kier molecular flexibility index (Phi) is 3.58. The van der Waals surface area contributed by atoms with E-state index in [0.29, 0.717) is 0 Å². The van der Waals surface area contributed by atoms with Crippen LogP contribution in [-0.2, 0) is 6.18 Å². The average molecular weight is 247 g/mol. The lowest BCUT2D eigenvalue weighted by molar-refractivity contribution is -0.137. The molecule has 0 aromatic carbocycles. The summed E-state index contributed by atoms with van der Waals surface area (Å²) in [5.41, 5.74) is 1.74. The van der Waals surface area contributed by atoms with Gasteiger partial charge < -0.3 is 0 Å².